The molecule has 0 spiro atoms. The average molecular weight is 198 g/mol. The highest BCUT2D eigenvalue weighted by molar-refractivity contribution is 5.79. The zero-order valence-corrected chi connectivity index (χ0v) is 7.95. The Hall–Kier alpha value is -1.42. The van der Waals surface area contributed by atoms with E-state index in [1.165, 1.54) is 32.2 Å². The van der Waals surface area contributed by atoms with Gasteiger partial charge < -0.3 is 9.84 Å². The first-order chi connectivity index (χ1) is 6.52. The van der Waals surface area contributed by atoms with Gasteiger partial charge in [-0.3, -0.25) is 0 Å². The smallest absolute Gasteiger partial charge is 0.340 e. The lowest BCUT2D eigenvalue weighted by molar-refractivity contribution is -0.161. The lowest BCUT2D eigenvalue weighted by Crippen LogP contribution is -2.35. The van der Waals surface area contributed by atoms with Crippen LogP contribution in [0.3, 0.4) is 0 Å². The van der Waals surface area contributed by atoms with Gasteiger partial charge in [0, 0.05) is 12.7 Å². The van der Waals surface area contributed by atoms with Crippen LogP contribution in [-0.4, -0.2) is 18.2 Å². The molecule has 0 fully saturated rings. The van der Waals surface area contributed by atoms with Crippen LogP contribution in [0.4, 0.5) is 4.39 Å². The lowest BCUT2D eigenvalue weighted by atomic mass is 9.95. The summed E-state index contributed by atoms with van der Waals surface area (Å²) in [5, 5.41) is 8.92. The molecule has 0 unspecified atom stereocenters. The second-order valence-electron chi connectivity index (χ2n) is 3.02. The van der Waals surface area contributed by atoms with E-state index in [2.05, 4.69) is 0 Å². The molecular weight excluding hydrogens is 187 g/mol. The molecule has 0 radical (unpaired) electrons. The van der Waals surface area contributed by atoms with Gasteiger partial charge in [-0.2, -0.15) is 0 Å². The Balaban J connectivity index is 3.26. The van der Waals surface area contributed by atoms with E-state index < -0.39 is 17.4 Å². The average Bonchev–Trinajstić information content (AvgIpc) is 2.17. The minimum absolute atomic E-state index is 0.0231. The number of ether oxygens (including phenoxy) is 1. The molecule has 0 aliphatic carbocycles. The van der Waals surface area contributed by atoms with Gasteiger partial charge in [0.2, 0.25) is 0 Å². The summed E-state index contributed by atoms with van der Waals surface area (Å²) in [5.41, 5.74) is -1.61. The van der Waals surface area contributed by atoms with E-state index in [-0.39, 0.29) is 5.56 Å². The number of hydrogen-bond donors (Lipinski definition) is 1. The van der Waals surface area contributed by atoms with Gasteiger partial charge in [0.1, 0.15) is 5.82 Å². The molecule has 1 N–H and O–H groups in total. The van der Waals surface area contributed by atoms with Crippen molar-refractivity contribution in [3.05, 3.63) is 35.6 Å². The van der Waals surface area contributed by atoms with Gasteiger partial charge in [-0.05, 0) is 13.0 Å². The highest BCUT2D eigenvalue weighted by Crippen LogP contribution is 2.26. The van der Waals surface area contributed by atoms with Crippen LogP contribution in [-0.2, 0) is 15.1 Å². The molecule has 0 saturated carbocycles. The lowest BCUT2D eigenvalue weighted by Gasteiger charge is -2.23. The predicted octanol–water partition coefficient (Wildman–Crippen LogP) is 1.77. The van der Waals surface area contributed by atoms with Crippen molar-refractivity contribution in [1.29, 1.82) is 0 Å². The third-order valence-electron chi connectivity index (χ3n) is 2.20. The van der Waals surface area contributed by atoms with Crippen LogP contribution in [0.5, 0.6) is 0 Å². The minimum Gasteiger partial charge on any atom is -0.479 e. The number of halogens is 1. The standard InChI is InChI=1S/C10H11FO3/c1-10(14-2,9(12)13)7-5-3-4-6-8(7)11/h3-6H,1-2H3,(H,12,13)/t10-/m0/s1. The molecule has 0 aliphatic rings. The molecule has 1 aromatic carbocycles. The van der Waals surface area contributed by atoms with Crippen molar-refractivity contribution >= 4 is 5.97 Å². The van der Waals surface area contributed by atoms with E-state index >= 15 is 0 Å². The highest BCUT2D eigenvalue weighted by Gasteiger charge is 2.37. The maximum atomic E-state index is 13.3. The first kappa shape index (κ1) is 10.7. The van der Waals surface area contributed by atoms with Gasteiger partial charge in [-0.15, -0.1) is 0 Å². The molecule has 1 atom stereocenters. The Morgan fingerprint density at radius 3 is 2.50 bits per heavy atom. The fraction of sp³-hybridized carbons (Fsp3) is 0.300. The van der Waals surface area contributed by atoms with Crippen molar-refractivity contribution in [2.45, 2.75) is 12.5 Å². The van der Waals surface area contributed by atoms with Crippen LogP contribution >= 0.6 is 0 Å². The van der Waals surface area contributed by atoms with Crippen molar-refractivity contribution in [3.63, 3.8) is 0 Å². The summed E-state index contributed by atoms with van der Waals surface area (Å²) in [6.07, 6.45) is 0. The molecule has 76 valence electrons. The Morgan fingerprint density at radius 1 is 1.50 bits per heavy atom. The Kier molecular flexibility index (Phi) is 2.86. The quantitative estimate of drug-likeness (QED) is 0.805. The Bertz CT molecular complexity index is 351. The molecule has 1 rings (SSSR count). The molecule has 3 nitrogen and oxygen atoms in total. The molecule has 0 aromatic heterocycles. The number of benzene rings is 1. The van der Waals surface area contributed by atoms with E-state index in [0.29, 0.717) is 0 Å². The number of carboxylic acid groups (broad SMARTS) is 1. The fourth-order valence-corrected chi connectivity index (χ4v) is 1.16. The summed E-state index contributed by atoms with van der Waals surface area (Å²) >= 11 is 0. The van der Waals surface area contributed by atoms with Crippen LogP contribution in [0, 0.1) is 5.82 Å². The minimum atomic E-state index is -1.63. The van der Waals surface area contributed by atoms with E-state index in [4.69, 9.17) is 9.84 Å². The summed E-state index contributed by atoms with van der Waals surface area (Å²) in [6, 6.07) is 5.66. The number of aliphatic carboxylic acids is 1. The van der Waals surface area contributed by atoms with Gasteiger partial charge in [0.15, 0.2) is 5.60 Å². The van der Waals surface area contributed by atoms with Crippen molar-refractivity contribution in [3.8, 4) is 0 Å². The summed E-state index contributed by atoms with van der Waals surface area (Å²) in [6.45, 7) is 1.31. The van der Waals surface area contributed by atoms with Crippen LogP contribution in [0.25, 0.3) is 0 Å². The van der Waals surface area contributed by atoms with Crippen molar-refractivity contribution in [2.24, 2.45) is 0 Å². The predicted molar refractivity (Wildman–Crippen MR) is 48.4 cm³/mol. The molecule has 0 heterocycles. The van der Waals surface area contributed by atoms with E-state index in [9.17, 15) is 9.18 Å². The molecule has 0 bridgehead atoms. The molecule has 0 aliphatic heterocycles. The highest BCUT2D eigenvalue weighted by atomic mass is 19.1. The van der Waals surface area contributed by atoms with Gasteiger partial charge in [0.25, 0.3) is 0 Å². The third kappa shape index (κ3) is 1.61. The molecular formula is C10H11FO3. The van der Waals surface area contributed by atoms with Crippen molar-refractivity contribution < 1.29 is 19.0 Å². The van der Waals surface area contributed by atoms with E-state index in [1.807, 2.05) is 0 Å². The number of hydrogen-bond acceptors (Lipinski definition) is 2. The summed E-state index contributed by atoms with van der Waals surface area (Å²) in [4.78, 5) is 10.9. The molecule has 0 amide bonds. The van der Waals surface area contributed by atoms with Crippen LogP contribution < -0.4 is 0 Å². The normalized spacial score (nSPS) is 14.8. The van der Waals surface area contributed by atoms with Crippen LogP contribution in [0.2, 0.25) is 0 Å². The maximum Gasteiger partial charge on any atom is 0.340 e. The zero-order chi connectivity index (χ0) is 10.8. The van der Waals surface area contributed by atoms with Crippen LogP contribution in [0.1, 0.15) is 12.5 Å². The molecule has 4 heteroatoms. The van der Waals surface area contributed by atoms with Crippen LogP contribution in [0.15, 0.2) is 24.3 Å². The SMILES string of the molecule is CO[C@](C)(C(=O)O)c1ccccc1F. The number of carbonyl (C=O) groups is 1. The third-order valence-corrected chi connectivity index (χ3v) is 2.20. The number of methoxy groups -OCH3 is 1. The monoisotopic (exact) mass is 198 g/mol. The van der Waals surface area contributed by atoms with E-state index in [1.54, 1.807) is 6.07 Å². The van der Waals surface area contributed by atoms with E-state index in [0.717, 1.165) is 0 Å². The van der Waals surface area contributed by atoms with Gasteiger partial charge in [0.05, 0.1) is 0 Å². The first-order valence-electron chi connectivity index (χ1n) is 4.06. The van der Waals surface area contributed by atoms with Gasteiger partial charge >= 0.3 is 5.97 Å². The first-order valence-corrected chi connectivity index (χ1v) is 4.06. The topological polar surface area (TPSA) is 46.5 Å². The largest absolute Gasteiger partial charge is 0.479 e. The maximum absolute atomic E-state index is 13.3. The second kappa shape index (κ2) is 3.75. The number of rotatable bonds is 3. The number of carboxylic acids is 1. The second-order valence-corrected chi connectivity index (χ2v) is 3.02. The summed E-state index contributed by atoms with van der Waals surface area (Å²) < 4.78 is 18.1. The zero-order valence-electron chi connectivity index (χ0n) is 7.95. The summed E-state index contributed by atoms with van der Waals surface area (Å²) in [5.74, 6) is -1.80. The Morgan fingerprint density at radius 2 is 2.07 bits per heavy atom. The summed E-state index contributed by atoms with van der Waals surface area (Å²) in [7, 11) is 1.24. The van der Waals surface area contributed by atoms with Gasteiger partial charge in [-0.25, -0.2) is 9.18 Å². The van der Waals surface area contributed by atoms with Gasteiger partial charge in [-0.1, -0.05) is 18.2 Å². The molecule has 1 aromatic rings. The van der Waals surface area contributed by atoms with Crippen molar-refractivity contribution in [1.82, 2.24) is 0 Å². The Labute approximate surface area is 81.1 Å². The van der Waals surface area contributed by atoms with Crippen molar-refractivity contribution in [2.75, 3.05) is 7.11 Å². The fourth-order valence-electron chi connectivity index (χ4n) is 1.16. The molecule has 14 heavy (non-hydrogen) atoms. The molecule has 0 saturated heterocycles.